The molecule has 0 aliphatic heterocycles. The standard InChI is InChI=1S/C16H33NS2/c1-5-8-16(19-18-12-11-17)13-15(4)10-7-9-14(3)6-2/h10,14,16H,5-9,11-13,17H2,1-4H3/b15-10+. The van der Waals surface area contributed by atoms with Gasteiger partial charge < -0.3 is 5.73 Å². The third-order valence-electron chi connectivity index (χ3n) is 3.41. The lowest BCUT2D eigenvalue weighted by Gasteiger charge is -2.15. The van der Waals surface area contributed by atoms with Gasteiger partial charge >= 0.3 is 0 Å². The first-order valence-electron chi connectivity index (χ1n) is 7.77. The molecule has 0 bridgehead atoms. The molecule has 0 saturated heterocycles. The monoisotopic (exact) mass is 303 g/mol. The molecule has 0 aliphatic carbocycles. The number of nitrogens with two attached hydrogens (primary N) is 1. The maximum atomic E-state index is 5.55. The van der Waals surface area contributed by atoms with E-state index in [1.807, 2.05) is 21.6 Å². The highest BCUT2D eigenvalue weighted by atomic mass is 33.1. The number of hydrogen-bond donors (Lipinski definition) is 1. The lowest BCUT2D eigenvalue weighted by atomic mass is 10.0. The number of allylic oxidation sites excluding steroid dienone is 2. The second-order valence-corrected chi connectivity index (χ2v) is 8.25. The van der Waals surface area contributed by atoms with Gasteiger partial charge in [-0.05, 0) is 38.5 Å². The van der Waals surface area contributed by atoms with Crippen LogP contribution >= 0.6 is 21.6 Å². The Hall–Kier alpha value is 0.400. The quantitative estimate of drug-likeness (QED) is 0.286. The van der Waals surface area contributed by atoms with Crippen LogP contribution in [0.4, 0.5) is 0 Å². The lowest BCUT2D eigenvalue weighted by molar-refractivity contribution is 0.520. The van der Waals surface area contributed by atoms with Crippen molar-refractivity contribution in [2.24, 2.45) is 11.7 Å². The van der Waals surface area contributed by atoms with Crippen molar-refractivity contribution in [3.63, 3.8) is 0 Å². The van der Waals surface area contributed by atoms with Gasteiger partial charge in [0.05, 0.1) is 0 Å². The lowest BCUT2D eigenvalue weighted by Crippen LogP contribution is -2.04. The third kappa shape index (κ3) is 11.9. The maximum Gasteiger partial charge on any atom is 0.0188 e. The molecule has 0 saturated carbocycles. The van der Waals surface area contributed by atoms with Crippen LogP contribution in [0.25, 0.3) is 0 Å². The van der Waals surface area contributed by atoms with Gasteiger partial charge in [0.25, 0.3) is 0 Å². The summed E-state index contributed by atoms with van der Waals surface area (Å²) < 4.78 is 0. The van der Waals surface area contributed by atoms with Crippen LogP contribution < -0.4 is 5.73 Å². The summed E-state index contributed by atoms with van der Waals surface area (Å²) in [4.78, 5) is 0. The Labute approximate surface area is 129 Å². The molecule has 2 atom stereocenters. The first-order valence-corrected chi connectivity index (χ1v) is 10.2. The van der Waals surface area contributed by atoms with E-state index in [0.717, 1.165) is 23.5 Å². The van der Waals surface area contributed by atoms with Crippen LogP contribution in [0.2, 0.25) is 0 Å². The molecule has 114 valence electrons. The molecule has 0 aliphatic rings. The molecule has 0 rings (SSSR count). The second kappa shape index (κ2) is 13.4. The Kier molecular flexibility index (Phi) is 13.7. The highest BCUT2D eigenvalue weighted by Crippen LogP contribution is 2.33. The molecule has 2 N–H and O–H groups in total. The molecular weight excluding hydrogens is 270 g/mol. The maximum absolute atomic E-state index is 5.55. The smallest absolute Gasteiger partial charge is 0.0188 e. The summed E-state index contributed by atoms with van der Waals surface area (Å²) in [5.74, 6) is 1.94. The fourth-order valence-corrected chi connectivity index (χ4v) is 4.65. The van der Waals surface area contributed by atoms with Crippen molar-refractivity contribution >= 4 is 21.6 Å². The normalized spacial score (nSPS) is 15.5. The van der Waals surface area contributed by atoms with Crippen molar-refractivity contribution < 1.29 is 0 Å². The molecular formula is C16H33NS2. The number of rotatable bonds is 12. The summed E-state index contributed by atoms with van der Waals surface area (Å²) in [5, 5.41) is 0.765. The zero-order valence-electron chi connectivity index (χ0n) is 13.3. The average molecular weight is 304 g/mol. The number of hydrogen-bond acceptors (Lipinski definition) is 3. The highest BCUT2D eigenvalue weighted by Gasteiger charge is 2.09. The zero-order chi connectivity index (χ0) is 14.5. The SMILES string of the molecule is CCCC(C/C(C)=C/CCC(C)CC)SSCCN. The Morgan fingerprint density at radius 3 is 2.58 bits per heavy atom. The predicted octanol–water partition coefficient (Wildman–Crippen LogP) is 5.66. The Morgan fingerprint density at radius 1 is 1.26 bits per heavy atom. The van der Waals surface area contributed by atoms with E-state index in [1.54, 1.807) is 5.57 Å². The summed E-state index contributed by atoms with van der Waals surface area (Å²) >= 11 is 0. The molecule has 0 radical (unpaired) electrons. The van der Waals surface area contributed by atoms with E-state index in [9.17, 15) is 0 Å². The fourth-order valence-electron chi connectivity index (χ4n) is 1.96. The van der Waals surface area contributed by atoms with Crippen LogP contribution in [0.5, 0.6) is 0 Å². The molecule has 0 aromatic carbocycles. The predicted molar refractivity (Wildman–Crippen MR) is 94.9 cm³/mol. The van der Waals surface area contributed by atoms with E-state index in [1.165, 1.54) is 38.5 Å². The van der Waals surface area contributed by atoms with Crippen molar-refractivity contribution in [2.75, 3.05) is 12.3 Å². The van der Waals surface area contributed by atoms with Gasteiger partial charge in [-0.2, -0.15) is 0 Å². The van der Waals surface area contributed by atoms with Crippen molar-refractivity contribution in [2.45, 2.75) is 71.5 Å². The van der Waals surface area contributed by atoms with Crippen LogP contribution in [0.15, 0.2) is 11.6 Å². The molecule has 0 fully saturated rings. The van der Waals surface area contributed by atoms with Gasteiger partial charge in [0.15, 0.2) is 0 Å². The summed E-state index contributed by atoms with van der Waals surface area (Å²) in [5.41, 5.74) is 7.12. The van der Waals surface area contributed by atoms with Crippen LogP contribution in [0.1, 0.15) is 66.2 Å². The first-order chi connectivity index (χ1) is 9.13. The molecule has 1 nitrogen and oxygen atoms in total. The van der Waals surface area contributed by atoms with E-state index in [4.69, 9.17) is 5.73 Å². The summed E-state index contributed by atoms with van der Waals surface area (Å²) in [6.45, 7) is 10.0. The molecule has 0 amide bonds. The minimum Gasteiger partial charge on any atom is -0.330 e. The van der Waals surface area contributed by atoms with Gasteiger partial charge in [0.2, 0.25) is 0 Å². The van der Waals surface area contributed by atoms with Gasteiger partial charge in [-0.25, -0.2) is 0 Å². The fraction of sp³-hybridized carbons (Fsp3) is 0.875. The topological polar surface area (TPSA) is 26.0 Å². The van der Waals surface area contributed by atoms with Crippen LogP contribution in [0.3, 0.4) is 0 Å². The largest absolute Gasteiger partial charge is 0.330 e. The highest BCUT2D eigenvalue weighted by molar-refractivity contribution is 8.76. The van der Waals surface area contributed by atoms with Crippen molar-refractivity contribution in [1.29, 1.82) is 0 Å². The summed E-state index contributed by atoms with van der Waals surface area (Å²) in [6.07, 6.45) is 10.2. The van der Waals surface area contributed by atoms with E-state index >= 15 is 0 Å². The Balaban J connectivity index is 3.99. The minimum atomic E-state index is 0.765. The minimum absolute atomic E-state index is 0.765. The van der Waals surface area contributed by atoms with Gasteiger partial charge in [-0.1, -0.05) is 66.8 Å². The molecule has 0 spiro atoms. The Morgan fingerprint density at radius 2 is 2.00 bits per heavy atom. The summed E-state index contributed by atoms with van der Waals surface area (Å²) in [7, 11) is 3.98. The molecule has 19 heavy (non-hydrogen) atoms. The van der Waals surface area contributed by atoms with E-state index in [0.29, 0.717) is 0 Å². The van der Waals surface area contributed by atoms with E-state index in [2.05, 4.69) is 33.8 Å². The van der Waals surface area contributed by atoms with Gasteiger partial charge in [0.1, 0.15) is 0 Å². The van der Waals surface area contributed by atoms with Crippen LogP contribution in [0, 0.1) is 5.92 Å². The van der Waals surface area contributed by atoms with Crippen molar-refractivity contribution in [3.8, 4) is 0 Å². The first kappa shape index (κ1) is 19.4. The zero-order valence-corrected chi connectivity index (χ0v) is 14.9. The van der Waals surface area contributed by atoms with E-state index < -0.39 is 0 Å². The van der Waals surface area contributed by atoms with Gasteiger partial charge in [-0.15, -0.1) is 0 Å². The molecule has 0 aromatic heterocycles. The van der Waals surface area contributed by atoms with E-state index in [-0.39, 0.29) is 0 Å². The van der Waals surface area contributed by atoms with Gasteiger partial charge in [-0.3, -0.25) is 0 Å². The second-order valence-electron chi connectivity index (χ2n) is 5.46. The Bertz CT molecular complexity index is 229. The molecule has 0 heterocycles. The van der Waals surface area contributed by atoms with Gasteiger partial charge in [0, 0.05) is 17.5 Å². The van der Waals surface area contributed by atoms with Crippen molar-refractivity contribution in [1.82, 2.24) is 0 Å². The summed E-state index contributed by atoms with van der Waals surface area (Å²) in [6, 6.07) is 0. The molecule has 3 heteroatoms. The third-order valence-corrected chi connectivity index (χ3v) is 6.35. The van der Waals surface area contributed by atoms with Crippen LogP contribution in [-0.4, -0.2) is 17.5 Å². The van der Waals surface area contributed by atoms with Crippen LogP contribution in [-0.2, 0) is 0 Å². The average Bonchev–Trinajstić information content (AvgIpc) is 2.39. The van der Waals surface area contributed by atoms with Crippen molar-refractivity contribution in [3.05, 3.63) is 11.6 Å². The molecule has 2 unspecified atom stereocenters. The molecule has 0 aromatic rings.